The van der Waals surface area contributed by atoms with E-state index in [4.69, 9.17) is 5.11 Å². The van der Waals surface area contributed by atoms with E-state index in [9.17, 15) is 9.59 Å². The van der Waals surface area contributed by atoms with Crippen LogP contribution in [0.2, 0.25) is 0 Å². The summed E-state index contributed by atoms with van der Waals surface area (Å²) in [4.78, 5) is 32.6. The van der Waals surface area contributed by atoms with Crippen LogP contribution in [0.4, 0.5) is 5.95 Å². The number of nitrogens with zero attached hydrogens (tertiary/aromatic N) is 3. The molecule has 0 radical (unpaired) electrons. The molecule has 1 aliphatic rings. The maximum absolute atomic E-state index is 12.9. The van der Waals surface area contributed by atoms with Crippen LogP contribution in [-0.2, 0) is 4.79 Å². The van der Waals surface area contributed by atoms with Gasteiger partial charge in [0.1, 0.15) is 5.65 Å². The fraction of sp³-hybridized carbons (Fsp3) is 0.412. The highest BCUT2D eigenvalue weighted by atomic mass is 16.4. The number of nitrogens with one attached hydrogen (secondary N) is 1. The predicted octanol–water partition coefficient (Wildman–Crippen LogP) is 2.35. The summed E-state index contributed by atoms with van der Waals surface area (Å²) in [6.45, 7) is 1.86. The molecule has 1 fully saturated rings. The Hall–Kier alpha value is -2.70. The molecule has 126 valence electrons. The van der Waals surface area contributed by atoms with Crippen molar-refractivity contribution >= 4 is 29.0 Å². The number of aryl methyl sites for hydroxylation is 1. The number of rotatable bonds is 4. The molecular weight excluding hydrogens is 308 g/mol. The Balaban J connectivity index is 2.32. The first-order chi connectivity index (χ1) is 11.5. The Morgan fingerprint density at radius 2 is 2.08 bits per heavy atom. The van der Waals surface area contributed by atoms with E-state index in [0.29, 0.717) is 17.2 Å². The van der Waals surface area contributed by atoms with Gasteiger partial charge in [0.25, 0.3) is 5.56 Å². The number of anilines is 1. The SMILES string of the molecule is CNc1nc(C)c2cc(C=CC(=O)O)c(=O)n(C3CCCC3)c2n1. The Kier molecular flexibility index (Phi) is 4.33. The van der Waals surface area contributed by atoms with E-state index in [1.165, 1.54) is 6.08 Å². The molecule has 0 spiro atoms. The summed E-state index contributed by atoms with van der Waals surface area (Å²) < 4.78 is 1.72. The first-order valence-electron chi connectivity index (χ1n) is 8.04. The zero-order valence-electron chi connectivity index (χ0n) is 13.7. The summed E-state index contributed by atoms with van der Waals surface area (Å²) in [5.41, 5.74) is 1.50. The predicted molar refractivity (Wildman–Crippen MR) is 92.3 cm³/mol. The molecule has 2 N–H and O–H groups in total. The van der Waals surface area contributed by atoms with Crippen LogP contribution in [0.25, 0.3) is 17.1 Å². The molecule has 24 heavy (non-hydrogen) atoms. The topological polar surface area (TPSA) is 97.1 Å². The molecule has 2 aromatic heterocycles. The highest BCUT2D eigenvalue weighted by Crippen LogP contribution is 2.31. The minimum absolute atomic E-state index is 0.0946. The van der Waals surface area contributed by atoms with Gasteiger partial charge in [-0.15, -0.1) is 0 Å². The molecule has 0 amide bonds. The minimum Gasteiger partial charge on any atom is -0.478 e. The first-order valence-corrected chi connectivity index (χ1v) is 8.04. The van der Waals surface area contributed by atoms with Crippen LogP contribution in [0.15, 0.2) is 16.9 Å². The van der Waals surface area contributed by atoms with Gasteiger partial charge in [0.05, 0.1) is 5.69 Å². The normalized spacial score (nSPS) is 15.4. The van der Waals surface area contributed by atoms with Crippen molar-refractivity contribution in [3.63, 3.8) is 0 Å². The van der Waals surface area contributed by atoms with Gasteiger partial charge in [-0.3, -0.25) is 9.36 Å². The van der Waals surface area contributed by atoms with Crippen molar-refractivity contribution in [1.29, 1.82) is 0 Å². The molecule has 0 bridgehead atoms. The van der Waals surface area contributed by atoms with Gasteiger partial charge in [0.2, 0.25) is 5.95 Å². The third-order valence-corrected chi connectivity index (χ3v) is 4.43. The minimum atomic E-state index is -1.08. The van der Waals surface area contributed by atoms with Crippen LogP contribution in [0.3, 0.4) is 0 Å². The van der Waals surface area contributed by atoms with Crippen molar-refractivity contribution < 1.29 is 9.90 Å². The third kappa shape index (κ3) is 2.89. The van der Waals surface area contributed by atoms with Gasteiger partial charge in [-0.25, -0.2) is 9.78 Å². The van der Waals surface area contributed by atoms with Crippen LogP contribution in [0, 0.1) is 6.92 Å². The molecule has 2 aromatic rings. The molecule has 2 heterocycles. The van der Waals surface area contributed by atoms with Crippen LogP contribution in [0.5, 0.6) is 0 Å². The summed E-state index contributed by atoms with van der Waals surface area (Å²) in [6, 6.07) is 1.77. The van der Waals surface area contributed by atoms with E-state index in [1.54, 1.807) is 17.7 Å². The van der Waals surface area contributed by atoms with Crippen molar-refractivity contribution in [2.45, 2.75) is 38.6 Å². The smallest absolute Gasteiger partial charge is 0.328 e. The molecular formula is C17H20N4O3. The first kappa shape index (κ1) is 16.2. The summed E-state index contributed by atoms with van der Waals surface area (Å²) in [5.74, 6) is -0.611. The second-order valence-corrected chi connectivity index (χ2v) is 6.00. The van der Waals surface area contributed by atoms with E-state index in [-0.39, 0.29) is 11.6 Å². The van der Waals surface area contributed by atoms with E-state index in [1.807, 2.05) is 6.92 Å². The van der Waals surface area contributed by atoms with Crippen molar-refractivity contribution in [3.8, 4) is 0 Å². The van der Waals surface area contributed by atoms with Crippen molar-refractivity contribution in [2.75, 3.05) is 12.4 Å². The highest BCUT2D eigenvalue weighted by molar-refractivity contribution is 5.87. The molecule has 7 heteroatoms. The number of carboxylic acids is 1. The summed E-state index contributed by atoms with van der Waals surface area (Å²) >= 11 is 0. The molecule has 0 saturated heterocycles. The van der Waals surface area contributed by atoms with Gasteiger partial charge in [0, 0.05) is 30.1 Å². The molecule has 1 saturated carbocycles. The van der Waals surface area contributed by atoms with Gasteiger partial charge in [-0.2, -0.15) is 4.98 Å². The average molecular weight is 328 g/mol. The summed E-state index contributed by atoms with van der Waals surface area (Å²) in [7, 11) is 1.74. The van der Waals surface area contributed by atoms with Crippen molar-refractivity contribution in [3.05, 3.63) is 33.8 Å². The second kappa shape index (κ2) is 6.43. The zero-order valence-corrected chi connectivity index (χ0v) is 13.7. The molecule has 0 aliphatic heterocycles. The molecule has 1 aliphatic carbocycles. The number of aromatic nitrogens is 3. The Morgan fingerprint density at radius 3 is 2.71 bits per heavy atom. The maximum atomic E-state index is 12.9. The second-order valence-electron chi connectivity index (χ2n) is 6.00. The van der Waals surface area contributed by atoms with Crippen LogP contribution >= 0.6 is 0 Å². The lowest BCUT2D eigenvalue weighted by molar-refractivity contribution is -0.131. The Labute approximate surface area is 139 Å². The summed E-state index contributed by atoms with van der Waals surface area (Å²) in [5, 5.41) is 12.5. The third-order valence-electron chi connectivity index (χ3n) is 4.43. The van der Waals surface area contributed by atoms with Gasteiger partial charge in [-0.1, -0.05) is 12.8 Å². The zero-order chi connectivity index (χ0) is 17.3. The molecule has 3 rings (SSSR count). The molecule has 0 unspecified atom stereocenters. The van der Waals surface area contributed by atoms with Crippen molar-refractivity contribution in [1.82, 2.24) is 14.5 Å². The lowest BCUT2D eigenvalue weighted by atomic mass is 10.1. The van der Waals surface area contributed by atoms with Crippen LogP contribution < -0.4 is 10.9 Å². The van der Waals surface area contributed by atoms with Gasteiger partial charge in [-0.05, 0) is 31.9 Å². The number of aliphatic carboxylic acids is 1. The quantitative estimate of drug-likeness (QED) is 0.836. The number of fused-ring (bicyclic) bond motifs is 1. The van der Waals surface area contributed by atoms with Crippen LogP contribution in [-0.4, -0.2) is 32.7 Å². The fourth-order valence-corrected chi connectivity index (χ4v) is 3.27. The Bertz CT molecular complexity index is 880. The monoisotopic (exact) mass is 328 g/mol. The number of carbonyl (C=O) groups is 1. The largest absolute Gasteiger partial charge is 0.478 e. The number of hydrogen-bond acceptors (Lipinski definition) is 5. The highest BCUT2D eigenvalue weighted by Gasteiger charge is 2.23. The standard InChI is InChI=1S/C17H20N4O3/c1-10-13-9-11(7-8-14(22)23)16(24)21(12-5-3-4-6-12)15(13)20-17(18-2)19-10/h7-9,12H,3-6H2,1-2H3,(H,22,23)(H,18,19,20). The maximum Gasteiger partial charge on any atom is 0.328 e. The van der Waals surface area contributed by atoms with Gasteiger partial charge >= 0.3 is 5.97 Å². The molecule has 0 aromatic carbocycles. The lowest BCUT2D eigenvalue weighted by Crippen LogP contribution is -2.27. The average Bonchev–Trinajstić information content (AvgIpc) is 3.06. The van der Waals surface area contributed by atoms with Gasteiger partial charge < -0.3 is 10.4 Å². The van der Waals surface area contributed by atoms with E-state index in [2.05, 4.69) is 15.3 Å². The number of pyridine rings is 1. The lowest BCUT2D eigenvalue weighted by Gasteiger charge is -2.18. The molecule has 0 atom stereocenters. The summed E-state index contributed by atoms with van der Waals surface area (Å²) in [6.07, 6.45) is 6.35. The van der Waals surface area contributed by atoms with E-state index < -0.39 is 5.97 Å². The number of hydrogen-bond donors (Lipinski definition) is 2. The van der Waals surface area contributed by atoms with Crippen molar-refractivity contribution in [2.24, 2.45) is 0 Å². The Morgan fingerprint density at radius 1 is 1.38 bits per heavy atom. The van der Waals surface area contributed by atoms with E-state index in [0.717, 1.165) is 42.8 Å². The van der Waals surface area contributed by atoms with E-state index >= 15 is 0 Å². The molecule has 7 nitrogen and oxygen atoms in total. The van der Waals surface area contributed by atoms with Crippen LogP contribution in [0.1, 0.15) is 43.0 Å². The van der Waals surface area contributed by atoms with Gasteiger partial charge in [0.15, 0.2) is 0 Å². The number of carboxylic acid groups (broad SMARTS) is 1. The fourth-order valence-electron chi connectivity index (χ4n) is 3.27.